The Morgan fingerprint density at radius 3 is 2.95 bits per heavy atom. The second-order valence-corrected chi connectivity index (χ2v) is 6.22. The van der Waals surface area contributed by atoms with E-state index in [0.717, 1.165) is 34.5 Å². The molecule has 108 valence electrons. The first kappa shape index (κ1) is 15.4. The molecular weight excluding hydrogens is 338 g/mol. The van der Waals surface area contributed by atoms with Crippen LogP contribution in [0.4, 0.5) is 0 Å². The minimum absolute atomic E-state index is 0.221. The lowest BCUT2D eigenvalue weighted by Crippen LogP contribution is -2.23. The average molecular weight is 356 g/mol. The van der Waals surface area contributed by atoms with Crippen LogP contribution in [-0.4, -0.2) is 23.2 Å². The Balaban J connectivity index is 2.21. The lowest BCUT2D eigenvalue weighted by atomic mass is 10.0. The summed E-state index contributed by atoms with van der Waals surface area (Å²) in [5.41, 5.74) is 1.17. The lowest BCUT2D eigenvalue weighted by molar-refractivity contribution is 0.405. The van der Waals surface area contributed by atoms with E-state index in [-0.39, 0.29) is 6.04 Å². The molecule has 20 heavy (non-hydrogen) atoms. The van der Waals surface area contributed by atoms with Crippen molar-refractivity contribution in [2.24, 2.45) is 0 Å². The standard InChI is InChI=1S/C14H18BrN3OS/c1-3-6-16-12(14-9-17-18-20-14)8-10-7-11(15)4-5-13(10)19-2/h4-5,7,9,12,16H,3,6,8H2,1-2H3. The molecule has 0 bridgehead atoms. The molecule has 2 rings (SSSR count). The first-order valence-corrected chi connectivity index (χ1v) is 8.14. The number of rotatable bonds is 7. The summed E-state index contributed by atoms with van der Waals surface area (Å²) in [5, 5.41) is 7.49. The predicted molar refractivity (Wildman–Crippen MR) is 85.3 cm³/mol. The molecule has 1 aromatic heterocycles. The zero-order valence-corrected chi connectivity index (χ0v) is 14.0. The van der Waals surface area contributed by atoms with E-state index in [1.807, 2.05) is 18.3 Å². The van der Waals surface area contributed by atoms with Gasteiger partial charge in [-0.15, -0.1) is 5.10 Å². The van der Waals surface area contributed by atoms with E-state index in [1.165, 1.54) is 17.1 Å². The molecule has 1 aromatic carbocycles. The fraction of sp³-hybridized carbons (Fsp3) is 0.429. The summed E-state index contributed by atoms with van der Waals surface area (Å²) in [6, 6.07) is 6.30. The van der Waals surface area contributed by atoms with Gasteiger partial charge in [-0.05, 0) is 54.7 Å². The molecule has 1 atom stereocenters. The summed E-state index contributed by atoms with van der Waals surface area (Å²) in [5.74, 6) is 0.911. The van der Waals surface area contributed by atoms with Gasteiger partial charge < -0.3 is 10.1 Å². The van der Waals surface area contributed by atoms with Gasteiger partial charge >= 0.3 is 0 Å². The van der Waals surface area contributed by atoms with Crippen LogP contribution >= 0.6 is 27.5 Å². The van der Waals surface area contributed by atoms with E-state index < -0.39 is 0 Å². The quantitative estimate of drug-likeness (QED) is 0.824. The minimum Gasteiger partial charge on any atom is -0.496 e. The van der Waals surface area contributed by atoms with E-state index >= 15 is 0 Å². The highest BCUT2D eigenvalue weighted by Gasteiger charge is 2.16. The first-order chi connectivity index (χ1) is 9.74. The van der Waals surface area contributed by atoms with Crippen LogP contribution in [0.2, 0.25) is 0 Å². The largest absolute Gasteiger partial charge is 0.496 e. The molecule has 6 heteroatoms. The Morgan fingerprint density at radius 1 is 1.45 bits per heavy atom. The molecule has 0 radical (unpaired) electrons. The third kappa shape index (κ3) is 4.01. The monoisotopic (exact) mass is 355 g/mol. The average Bonchev–Trinajstić information content (AvgIpc) is 2.97. The number of hydrogen-bond acceptors (Lipinski definition) is 5. The SMILES string of the molecule is CCCNC(Cc1cc(Br)ccc1OC)c1cnns1. The van der Waals surface area contributed by atoms with Crippen molar-refractivity contribution in [3.05, 3.63) is 39.3 Å². The van der Waals surface area contributed by atoms with Crippen LogP contribution in [0, 0.1) is 0 Å². The molecule has 1 N–H and O–H groups in total. The van der Waals surface area contributed by atoms with E-state index in [1.54, 1.807) is 7.11 Å². The second kappa shape index (κ2) is 7.71. The lowest BCUT2D eigenvalue weighted by Gasteiger charge is -2.18. The number of aromatic nitrogens is 2. The molecule has 0 saturated carbocycles. The molecular formula is C14H18BrN3OS. The highest BCUT2D eigenvalue weighted by molar-refractivity contribution is 9.10. The number of halogens is 1. The van der Waals surface area contributed by atoms with Gasteiger partial charge in [0.15, 0.2) is 0 Å². The Bertz CT molecular complexity index is 533. The van der Waals surface area contributed by atoms with Gasteiger partial charge in [0, 0.05) is 10.5 Å². The van der Waals surface area contributed by atoms with Crippen LogP contribution in [0.3, 0.4) is 0 Å². The zero-order chi connectivity index (χ0) is 14.4. The summed E-state index contributed by atoms with van der Waals surface area (Å²) >= 11 is 4.96. The van der Waals surface area contributed by atoms with Crippen LogP contribution in [0.15, 0.2) is 28.9 Å². The molecule has 0 spiro atoms. The number of methoxy groups -OCH3 is 1. The van der Waals surface area contributed by atoms with Gasteiger partial charge in [0.25, 0.3) is 0 Å². The Hall–Kier alpha value is -0.980. The molecule has 0 aliphatic rings. The van der Waals surface area contributed by atoms with E-state index in [0.29, 0.717) is 0 Å². The van der Waals surface area contributed by atoms with Crippen molar-refractivity contribution in [3.8, 4) is 5.75 Å². The van der Waals surface area contributed by atoms with Crippen LogP contribution in [0.1, 0.15) is 29.8 Å². The van der Waals surface area contributed by atoms with E-state index in [4.69, 9.17) is 4.74 Å². The number of nitrogens with one attached hydrogen (secondary N) is 1. The van der Waals surface area contributed by atoms with Crippen molar-refractivity contribution in [3.63, 3.8) is 0 Å². The van der Waals surface area contributed by atoms with Gasteiger partial charge in [-0.3, -0.25) is 0 Å². The van der Waals surface area contributed by atoms with Gasteiger partial charge in [0.2, 0.25) is 0 Å². The minimum atomic E-state index is 0.221. The molecule has 0 amide bonds. The van der Waals surface area contributed by atoms with Crippen molar-refractivity contribution in [2.75, 3.05) is 13.7 Å². The normalized spacial score (nSPS) is 12.3. The van der Waals surface area contributed by atoms with Crippen LogP contribution in [-0.2, 0) is 6.42 Å². The second-order valence-electron chi connectivity index (χ2n) is 4.49. The van der Waals surface area contributed by atoms with Crippen LogP contribution in [0.5, 0.6) is 5.75 Å². The van der Waals surface area contributed by atoms with E-state index in [9.17, 15) is 0 Å². The van der Waals surface area contributed by atoms with Crippen LogP contribution in [0.25, 0.3) is 0 Å². The molecule has 1 unspecified atom stereocenters. The summed E-state index contributed by atoms with van der Waals surface area (Å²) in [6.07, 6.45) is 3.79. The van der Waals surface area contributed by atoms with Gasteiger partial charge in [0.1, 0.15) is 5.75 Å². The molecule has 1 heterocycles. The number of ether oxygens (including phenoxy) is 1. The number of hydrogen-bond donors (Lipinski definition) is 1. The molecule has 0 aliphatic heterocycles. The predicted octanol–water partition coefficient (Wildman–Crippen LogP) is 3.59. The smallest absolute Gasteiger partial charge is 0.122 e. The van der Waals surface area contributed by atoms with Gasteiger partial charge in [-0.1, -0.05) is 27.3 Å². The van der Waals surface area contributed by atoms with Crippen molar-refractivity contribution >= 4 is 27.5 Å². The summed E-state index contributed by atoms with van der Waals surface area (Å²) in [6.45, 7) is 3.13. The third-order valence-electron chi connectivity index (χ3n) is 3.03. The van der Waals surface area contributed by atoms with Crippen molar-refractivity contribution in [2.45, 2.75) is 25.8 Å². The summed E-state index contributed by atoms with van der Waals surface area (Å²) < 4.78 is 10.5. The van der Waals surface area contributed by atoms with Gasteiger partial charge in [-0.2, -0.15) is 0 Å². The molecule has 0 aliphatic carbocycles. The third-order valence-corrected chi connectivity index (χ3v) is 4.30. The maximum absolute atomic E-state index is 5.45. The topological polar surface area (TPSA) is 47.0 Å². The number of benzene rings is 1. The van der Waals surface area contributed by atoms with Gasteiger partial charge in [0.05, 0.1) is 18.2 Å². The zero-order valence-electron chi connectivity index (χ0n) is 11.6. The highest BCUT2D eigenvalue weighted by atomic mass is 79.9. The van der Waals surface area contributed by atoms with Crippen molar-refractivity contribution in [1.29, 1.82) is 0 Å². The highest BCUT2D eigenvalue weighted by Crippen LogP contribution is 2.28. The Morgan fingerprint density at radius 2 is 2.30 bits per heavy atom. The molecule has 0 fully saturated rings. The fourth-order valence-electron chi connectivity index (χ4n) is 2.05. The van der Waals surface area contributed by atoms with Crippen LogP contribution < -0.4 is 10.1 Å². The maximum Gasteiger partial charge on any atom is 0.122 e. The van der Waals surface area contributed by atoms with E-state index in [2.05, 4.69) is 43.8 Å². The summed E-state index contributed by atoms with van der Waals surface area (Å²) in [4.78, 5) is 1.15. The van der Waals surface area contributed by atoms with Gasteiger partial charge in [-0.25, -0.2) is 0 Å². The first-order valence-electron chi connectivity index (χ1n) is 6.57. The summed E-state index contributed by atoms with van der Waals surface area (Å²) in [7, 11) is 1.70. The molecule has 2 aromatic rings. The number of nitrogens with zero attached hydrogens (tertiary/aromatic N) is 2. The van der Waals surface area contributed by atoms with Crippen molar-refractivity contribution < 1.29 is 4.74 Å². The Labute approximate surface area is 131 Å². The van der Waals surface area contributed by atoms with Crippen molar-refractivity contribution in [1.82, 2.24) is 14.9 Å². The molecule has 0 saturated heterocycles. The fourth-order valence-corrected chi connectivity index (χ4v) is 3.03. The maximum atomic E-state index is 5.45. The molecule has 4 nitrogen and oxygen atoms in total. The Kier molecular flexibility index (Phi) is 5.94.